The van der Waals surface area contributed by atoms with Crippen molar-refractivity contribution in [2.45, 2.75) is 20.3 Å². The van der Waals surface area contributed by atoms with E-state index in [1.165, 1.54) is 0 Å². The lowest BCUT2D eigenvalue weighted by Crippen LogP contribution is -2.52. The van der Waals surface area contributed by atoms with Crippen LogP contribution in [0.4, 0.5) is 4.79 Å². The Morgan fingerprint density at radius 3 is 2.28 bits per heavy atom. The Morgan fingerprint density at radius 1 is 1.11 bits per heavy atom. The molecule has 0 atom stereocenters. The van der Waals surface area contributed by atoms with Crippen molar-refractivity contribution in [3.63, 3.8) is 0 Å². The van der Waals surface area contributed by atoms with Gasteiger partial charge < -0.3 is 19.9 Å². The Kier molecular flexibility index (Phi) is 6.49. The molecule has 0 bridgehead atoms. The van der Waals surface area contributed by atoms with Crippen molar-refractivity contribution in [3.05, 3.63) is 0 Å². The number of carbonyl (C=O) groups is 2. The Morgan fingerprint density at radius 2 is 1.72 bits per heavy atom. The Bertz CT molecular complexity index is 276. The van der Waals surface area contributed by atoms with Crippen LogP contribution in [-0.2, 0) is 9.53 Å². The monoisotopic (exact) mass is 257 g/mol. The van der Waals surface area contributed by atoms with Crippen LogP contribution in [-0.4, -0.2) is 67.7 Å². The van der Waals surface area contributed by atoms with Crippen LogP contribution < -0.4 is 5.32 Å². The van der Waals surface area contributed by atoms with Gasteiger partial charge in [-0.2, -0.15) is 0 Å². The maximum Gasteiger partial charge on any atom is 0.409 e. The molecule has 1 saturated heterocycles. The van der Waals surface area contributed by atoms with Crippen LogP contribution in [0.1, 0.15) is 20.3 Å². The van der Waals surface area contributed by atoms with Crippen LogP contribution in [0.25, 0.3) is 0 Å². The van der Waals surface area contributed by atoms with Gasteiger partial charge in [-0.1, -0.05) is 6.92 Å². The average molecular weight is 257 g/mol. The molecular weight excluding hydrogens is 234 g/mol. The molecule has 0 unspecified atom stereocenters. The van der Waals surface area contributed by atoms with Crippen molar-refractivity contribution in [3.8, 4) is 0 Å². The summed E-state index contributed by atoms with van der Waals surface area (Å²) in [4.78, 5) is 26.7. The van der Waals surface area contributed by atoms with Crippen molar-refractivity contribution >= 4 is 12.0 Å². The number of rotatable bonds is 5. The molecule has 1 aliphatic rings. The third-order valence-electron chi connectivity index (χ3n) is 2.86. The lowest BCUT2D eigenvalue weighted by atomic mass is 10.3. The molecule has 1 rings (SSSR count). The Labute approximate surface area is 108 Å². The second kappa shape index (κ2) is 7.92. The number of nitrogens with one attached hydrogen (secondary N) is 1. The van der Waals surface area contributed by atoms with Crippen molar-refractivity contribution in [1.29, 1.82) is 0 Å². The van der Waals surface area contributed by atoms with E-state index in [1.807, 2.05) is 0 Å². The summed E-state index contributed by atoms with van der Waals surface area (Å²) < 4.78 is 4.93. The standard InChI is InChI=1S/C12H23N3O3/c1-3-5-13-10-11(16)14-6-8-15(9-7-14)12(17)18-4-2/h13H,3-10H2,1-2H3. The normalized spacial score (nSPS) is 15.7. The lowest BCUT2D eigenvalue weighted by molar-refractivity contribution is -0.131. The van der Waals surface area contributed by atoms with E-state index in [4.69, 9.17) is 4.74 Å². The van der Waals surface area contributed by atoms with Crippen molar-refractivity contribution in [2.75, 3.05) is 45.9 Å². The van der Waals surface area contributed by atoms with Crippen molar-refractivity contribution < 1.29 is 14.3 Å². The fourth-order valence-electron chi connectivity index (χ4n) is 1.84. The molecule has 0 spiro atoms. The molecule has 0 aromatic rings. The van der Waals surface area contributed by atoms with E-state index < -0.39 is 0 Å². The molecule has 1 heterocycles. The second-order valence-electron chi connectivity index (χ2n) is 4.24. The van der Waals surface area contributed by atoms with Gasteiger partial charge in [-0.3, -0.25) is 4.79 Å². The molecule has 0 aromatic carbocycles. The first-order valence-electron chi connectivity index (χ1n) is 6.59. The highest BCUT2D eigenvalue weighted by molar-refractivity contribution is 5.78. The minimum Gasteiger partial charge on any atom is -0.450 e. The number of hydrogen-bond donors (Lipinski definition) is 1. The topological polar surface area (TPSA) is 61.9 Å². The predicted molar refractivity (Wildman–Crippen MR) is 68.3 cm³/mol. The zero-order valence-electron chi connectivity index (χ0n) is 11.3. The van der Waals surface area contributed by atoms with Crippen molar-refractivity contribution in [2.24, 2.45) is 0 Å². The number of nitrogens with zero attached hydrogens (tertiary/aromatic N) is 2. The van der Waals surface area contributed by atoms with Crippen LogP contribution in [0.3, 0.4) is 0 Å². The highest BCUT2D eigenvalue weighted by atomic mass is 16.6. The van der Waals surface area contributed by atoms with E-state index in [2.05, 4.69) is 12.2 Å². The molecule has 1 N–H and O–H groups in total. The third kappa shape index (κ3) is 4.52. The van der Waals surface area contributed by atoms with E-state index in [-0.39, 0.29) is 12.0 Å². The minimum absolute atomic E-state index is 0.104. The van der Waals surface area contributed by atoms with Gasteiger partial charge in [0.25, 0.3) is 0 Å². The van der Waals surface area contributed by atoms with Crippen LogP contribution in [0.2, 0.25) is 0 Å². The van der Waals surface area contributed by atoms with Crippen molar-refractivity contribution in [1.82, 2.24) is 15.1 Å². The molecular formula is C12H23N3O3. The first-order valence-corrected chi connectivity index (χ1v) is 6.59. The van der Waals surface area contributed by atoms with E-state index in [9.17, 15) is 9.59 Å². The maximum absolute atomic E-state index is 11.8. The summed E-state index contributed by atoms with van der Waals surface area (Å²) in [6.07, 6.45) is 0.734. The summed E-state index contributed by atoms with van der Waals surface area (Å²) in [6, 6.07) is 0. The molecule has 18 heavy (non-hydrogen) atoms. The van der Waals surface area contributed by atoms with Crippen LogP contribution in [0.5, 0.6) is 0 Å². The largest absolute Gasteiger partial charge is 0.450 e. The summed E-state index contributed by atoms with van der Waals surface area (Å²) in [6.45, 7) is 7.76. The highest BCUT2D eigenvalue weighted by Crippen LogP contribution is 2.03. The van der Waals surface area contributed by atoms with E-state index >= 15 is 0 Å². The molecule has 2 amide bonds. The molecule has 6 heteroatoms. The number of amides is 2. The first kappa shape index (κ1) is 14.8. The van der Waals surface area contributed by atoms with Gasteiger partial charge in [0.15, 0.2) is 0 Å². The smallest absolute Gasteiger partial charge is 0.409 e. The van der Waals surface area contributed by atoms with E-state index in [1.54, 1.807) is 16.7 Å². The van der Waals surface area contributed by atoms with E-state index in [0.29, 0.717) is 39.3 Å². The molecule has 0 aliphatic carbocycles. The summed E-state index contributed by atoms with van der Waals surface area (Å²) >= 11 is 0. The Balaban J connectivity index is 2.26. The van der Waals surface area contributed by atoms with Gasteiger partial charge in [-0.05, 0) is 19.9 Å². The molecule has 104 valence electrons. The zero-order chi connectivity index (χ0) is 13.4. The van der Waals surface area contributed by atoms with Crippen LogP contribution in [0, 0.1) is 0 Å². The quantitative estimate of drug-likeness (QED) is 0.719. The summed E-state index contributed by atoms with van der Waals surface area (Å²) in [7, 11) is 0. The minimum atomic E-state index is -0.284. The van der Waals surface area contributed by atoms with Gasteiger partial charge >= 0.3 is 6.09 Å². The lowest BCUT2D eigenvalue weighted by Gasteiger charge is -2.34. The Hall–Kier alpha value is -1.30. The van der Waals surface area contributed by atoms with E-state index in [0.717, 1.165) is 13.0 Å². The SMILES string of the molecule is CCCNCC(=O)N1CCN(C(=O)OCC)CC1. The van der Waals surface area contributed by atoms with Gasteiger partial charge in [0.1, 0.15) is 0 Å². The number of piperazine rings is 1. The average Bonchev–Trinajstić information content (AvgIpc) is 2.39. The second-order valence-corrected chi connectivity index (χ2v) is 4.24. The fraction of sp³-hybridized carbons (Fsp3) is 0.833. The third-order valence-corrected chi connectivity index (χ3v) is 2.86. The number of carbonyl (C=O) groups excluding carboxylic acids is 2. The fourth-order valence-corrected chi connectivity index (χ4v) is 1.84. The number of hydrogen-bond acceptors (Lipinski definition) is 4. The van der Waals surface area contributed by atoms with Gasteiger partial charge in [-0.25, -0.2) is 4.79 Å². The van der Waals surface area contributed by atoms with Gasteiger partial charge in [-0.15, -0.1) is 0 Å². The summed E-state index contributed by atoms with van der Waals surface area (Å²) in [5, 5.41) is 3.09. The van der Waals surface area contributed by atoms with Crippen LogP contribution in [0.15, 0.2) is 0 Å². The predicted octanol–water partition coefficient (Wildman–Crippen LogP) is 0.287. The van der Waals surface area contributed by atoms with Gasteiger partial charge in [0.2, 0.25) is 5.91 Å². The first-order chi connectivity index (χ1) is 8.69. The maximum atomic E-state index is 11.8. The molecule has 1 aliphatic heterocycles. The molecule has 0 radical (unpaired) electrons. The summed E-state index contributed by atoms with van der Waals surface area (Å²) in [5.74, 6) is 0.104. The highest BCUT2D eigenvalue weighted by Gasteiger charge is 2.24. The molecule has 0 saturated carbocycles. The molecule has 1 fully saturated rings. The van der Waals surface area contributed by atoms with Crippen LogP contribution >= 0.6 is 0 Å². The van der Waals surface area contributed by atoms with Gasteiger partial charge in [0.05, 0.1) is 13.2 Å². The zero-order valence-corrected chi connectivity index (χ0v) is 11.3. The molecule has 6 nitrogen and oxygen atoms in total. The van der Waals surface area contributed by atoms with Gasteiger partial charge in [0, 0.05) is 26.2 Å². The number of ether oxygens (including phenoxy) is 1. The summed E-state index contributed by atoms with van der Waals surface area (Å²) in [5.41, 5.74) is 0. The molecule has 0 aromatic heterocycles.